The van der Waals surface area contributed by atoms with E-state index in [1.807, 2.05) is 12.1 Å². The van der Waals surface area contributed by atoms with Gasteiger partial charge in [-0.3, -0.25) is 0 Å². The maximum atomic E-state index is 10.8. The van der Waals surface area contributed by atoms with Crippen LogP contribution in [0.1, 0.15) is 24.0 Å². The number of aliphatic hydroxyl groups is 1. The van der Waals surface area contributed by atoms with Gasteiger partial charge in [0.1, 0.15) is 0 Å². The molecule has 1 aromatic carbocycles. The average Bonchev–Trinajstić information content (AvgIpc) is 2.85. The smallest absolute Gasteiger partial charge is 0.236 e. The third-order valence-electron chi connectivity index (χ3n) is 2.72. The first-order valence-electron chi connectivity index (χ1n) is 5.09. The maximum Gasteiger partial charge on any atom is 0.236 e. The van der Waals surface area contributed by atoms with Crippen molar-refractivity contribution in [1.29, 1.82) is 0 Å². The van der Waals surface area contributed by atoms with Crippen molar-refractivity contribution in [3.05, 3.63) is 35.4 Å². The quantitative estimate of drug-likeness (QED) is 0.841. The molecule has 2 rings (SSSR count). The summed E-state index contributed by atoms with van der Waals surface area (Å²) in [6.07, 6.45) is 2.34. The van der Waals surface area contributed by atoms with Crippen LogP contribution in [0.5, 0.6) is 0 Å². The molecule has 0 aromatic heterocycles. The molecule has 0 atom stereocenters. The first-order valence-corrected chi connectivity index (χ1v) is 7.57. The third kappa shape index (κ3) is 3.47. The Morgan fingerprint density at radius 3 is 2.12 bits per heavy atom. The van der Waals surface area contributed by atoms with Gasteiger partial charge in [0.15, 0.2) is 0 Å². The molecule has 1 fully saturated rings. The zero-order valence-electron chi connectivity index (χ0n) is 8.69. The van der Waals surface area contributed by atoms with Crippen LogP contribution in [0.25, 0.3) is 0 Å². The Labute approximate surface area is 99.5 Å². The summed E-state index contributed by atoms with van der Waals surface area (Å²) in [5.74, 6) is -0.154. The molecule has 0 bridgehead atoms. The largest absolute Gasteiger partial charge is 0.390 e. The van der Waals surface area contributed by atoms with Crippen LogP contribution >= 0.6 is 10.7 Å². The Kier molecular flexibility index (Phi) is 2.99. The Balaban J connectivity index is 2.04. The molecule has 0 heterocycles. The minimum absolute atomic E-state index is 0.154. The number of hydrogen-bond acceptors (Lipinski definition) is 3. The summed E-state index contributed by atoms with van der Waals surface area (Å²) in [6, 6.07) is 7.16. The molecule has 3 nitrogen and oxygen atoms in total. The molecule has 1 aromatic rings. The van der Waals surface area contributed by atoms with E-state index in [2.05, 4.69) is 0 Å². The lowest BCUT2D eigenvalue weighted by Gasteiger charge is -2.07. The second kappa shape index (κ2) is 4.02. The number of rotatable bonds is 4. The molecule has 0 unspecified atom stereocenters. The molecule has 0 spiro atoms. The summed E-state index contributed by atoms with van der Waals surface area (Å²) in [6.45, 7) is 0. The monoisotopic (exact) mass is 260 g/mol. The summed E-state index contributed by atoms with van der Waals surface area (Å²) >= 11 is 0. The summed E-state index contributed by atoms with van der Waals surface area (Å²) in [4.78, 5) is 0. The molecule has 16 heavy (non-hydrogen) atoms. The highest BCUT2D eigenvalue weighted by atomic mass is 35.7. The molecule has 1 aliphatic carbocycles. The van der Waals surface area contributed by atoms with Crippen LogP contribution < -0.4 is 0 Å². The summed E-state index contributed by atoms with van der Waals surface area (Å²) in [5, 5.41) is 9.72. The van der Waals surface area contributed by atoms with Crippen molar-refractivity contribution in [2.24, 2.45) is 0 Å². The lowest BCUT2D eigenvalue weighted by molar-refractivity contribution is 0.151. The molecule has 0 radical (unpaired) electrons. The molecular formula is C11H13ClO3S. The molecule has 88 valence electrons. The molecule has 0 amide bonds. The van der Waals surface area contributed by atoms with Crippen molar-refractivity contribution in [2.45, 2.75) is 30.6 Å². The predicted octanol–water partition coefficient (Wildman–Crippen LogP) is 1.82. The Hall–Kier alpha value is -0.580. The first-order chi connectivity index (χ1) is 7.36. The van der Waals surface area contributed by atoms with Crippen molar-refractivity contribution in [2.75, 3.05) is 0 Å². The molecule has 1 N–H and O–H groups in total. The van der Waals surface area contributed by atoms with Crippen LogP contribution in [0, 0.1) is 0 Å². The Morgan fingerprint density at radius 1 is 1.19 bits per heavy atom. The van der Waals surface area contributed by atoms with E-state index in [1.165, 1.54) is 0 Å². The number of halogens is 1. The van der Waals surface area contributed by atoms with E-state index < -0.39 is 14.7 Å². The molecule has 0 aliphatic heterocycles. The van der Waals surface area contributed by atoms with Crippen LogP contribution in [-0.4, -0.2) is 19.1 Å². The standard InChI is InChI=1S/C11H13ClO3S/c12-16(14,15)8-10-3-1-9(2-4-10)7-11(13)5-6-11/h1-4,13H,5-8H2. The second-order valence-corrected chi connectivity index (χ2v) is 7.18. The van der Waals surface area contributed by atoms with Gasteiger partial charge < -0.3 is 5.11 Å². The molecule has 5 heteroatoms. The van der Waals surface area contributed by atoms with Gasteiger partial charge in [-0.15, -0.1) is 0 Å². The maximum absolute atomic E-state index is 10.8. The molecule has 1 saturated carbocycles. The fraction of sp³-hybridized carbons (Fsp3) is 0.455. The van der Waals surface area contributed by atoms with Gasteiger partial charge in [0.05, 0.1) is 11.4 Å². The van der Waals surface area contributed by atoms with E-state index in [0.29, 0.717) is 12.0 Å². The second-order valence-electron chi connectivity index (χ2n) is 4.40. The van der Waals surface area contributed by atoms with Gasteiger partial charge >= 0.3 is 0 Å². The summed E-state index contributed by atoms with van der Waals surface area (Å²) < 4.78 is 21.7. The number of benzene rings is 1. The van der Waals surface area contributed by atoms with Crippen LogP contribution in [0.3, 0.4) is 0 Å². The Bertz CT molecular complexity index is 474. The van der Waals surface area contributed by atoms with E-state index in [0.717, 1.165) is 18.4 Å². The van der Waals surface area contributed by atoms with E-state index in [1.54, 1.807) is 12.1 Å². The minimum atomic E-state index is -3.49. The molecule has 0 saturated heterocycles. The fourth-order valence-electron chi connectivity index (χ4n) is 1.65. The van der Waals surface area contributed by atoms with E-state index >= 15 is 0 Å². The SMILES string of the molecule is O=S(=O)(Cl)Cc1ccc(CC2(O)CC2)cc1. The van der Waals surface area contributed by atoms with Crippen molar-refractivity contribution in [1.82, 2.24) is 0 Å². The summed E-state index contributed by atoms with van der Waals surface area (Å²) in [5.41, 5.74) is 1.18. The highest BCUT2D eigenvalue weighted by Crippen LogP contribution is 2.38. The van der Waals surface area contributed by atoms with Gasteiger partial charge in [-0.05, 0) is 24.0 Å². The Morgan fingerprint density at radius 2 is 1.69 bits per heavy atom. The molecule has 1 aliphatic rings. The lowest BCUT2D eigenvalue weighted by atomic mass is 10.1. The van der Waals surface area contributed by atoms with Crippen molar-refractivity contribution >= 4 is 19.7 Å². The predicted molar refractivity (Wildman–Crippen MR) is 62.8 cm³/mol. The minimum Gasteiger partial charge on any atom is -0.390 e. The normalized spacial score (nSPS) is 18.4. The van der Waals surface area contributed by atoms with E-state index in [4.69, 9.17) is 10.7 Å². The van der Waals surface area contributed by atoms with Gasteiger partial charge in [0, 0.05) is 17.1 Å². The molecular weight excluding hydrogens is 248 g/mol. The highest BCUT2D eigenvalue weighted by Gasteiger charge is 2.39. The van der Waals surface area contributed by atoms with Gasteiger partial charge in [0.2, 0.25) is 9.05 Å². The van der Waals surface area contributed by atoms with Crippen LogP contribution in [0.4, 0.5) is 0 Å². The van der Waals surface area contributed by atoms with Crippen molar-refractivity contribution < 1.29 is 13.5 Å². The van der Waals surface area contributed by atoms with Gasteiger partial charge in [0.25, 0.3) is 0 Å². The van der Waals surface area contributed by atoms with Crippen molar-refractivity contribution in [3.63, 3.8) is 0 Å². The lowest BCUT2D eigenvalue weighted by Crippen LogP contribution is -2.10. The average molecular weight is 261 g/mol. The highest BCUT2D eigenvalue weighted by molar-refractivity contribution is 8.13. The van der Waals surface area contributed by atoms with Crippen molar-refractivity contribution in [3.8, 4) is 0 Å². The van der Waals surface area contributed by atoms with Crippen LogP contribution in [0.2, 0.25) is 0 Å². The first kappa shape index (κ1) is 11.9. The van der Waals surface area contributed by atoms with E-state index in [9.17, 15) is 13.5 Å². The zero-order chi connectivity index (χ0) is 11.8. The van der Waals surface area contributed by atoms with Gasteiger partial charge in [-0.25, -0.2) is 8.42 Å². The van der Waals surface area contributed by atoms with Gasteiger partial charge in [-0.2, -0.15) is 0 Å². The van der Waals surface area contributed by atoms with E-state index in [-0.39, 0.29) is 5.75 Å². The third-order valence-corrected chi connectivity index (χ3v) is 3.73. The van der Waals surface area contributed by atoms with Crippen LogP contribution in [0.15, 0.2) is 24.3 Å². The number of hydrogen-bond donors (Lipinski definition) is 1. The summed E-state index contributed by atoms with van der Waals surface area (Å²) in [7, 11) is 1.67. The van der Waals surface area contributed by atoms with Crippen LogP contribution in [-0.2, 0) is 21.2 Å². The topological polar surface area (TPSA) is 54.4 Å². The fourth-order valence-corrected chi connectivity index (χ4v) is 2.62. The zero-order valence-corrected chi connectivity index (χ0v) is 10.3. The van der Waals surface area contributed by atoms with Gasteiger partial charge in [-0.1, -0.05) is 24.3 Å².